The Balaban J connectivity index is 1.19. The average Bonchev–Trinajstić information content (AvgIpc) is 3.43. The number of nitrogens with zero attached hydrogens (tertiary/aromatic N) is 4. The summed E-state index contributed by atoms with van der Waals surface area (Å²) in [6, 6.07) is 16.7. The minimum absolute atomic E-state index is 0.150. The highest BCUT2D eigenvalue weighted by Gasteiger charge is 2.50. The molecule has 0 aliphatic heterocycles. The first kappa shape index (κ1) is 22.0. The average molecular weight is 477 g/mol. The van der Waals surface area contributed by atoms with Crippen LogP contribution in [0.25, 0.3) is 0 Å². The highest BCUT2D eigenvalue weighted by Crippen LogP contribution is 2.58. The monoisotopic (exact) mass is 476 g/mol. The smallest absolute Gasteiger partial charge is 0.210 e. The molecule has 1 aliphatic carbocycles. The number of aromatic nitrogens is 4. The quantitative estimate of drug-likeness (QED) is 0.303. The largest absolute Gasteiger partial charge is 0.330 e. The zero-order chi connectivity index (χ0) is 23.0. The topological polar surface area (TPSA) is 75.6 Å². The minimum atomic E-state index is 0.150. The van der Waals surface area contributed by atoms with Gasteiger partial charge in [0.1, 0.15) is 10.0 Å². The zero-order valence-corrected chi connectivity index (χ0v) is 20.9. The first-order valence-corrected chi connectivity index (χ1v) is 12.8. The lowest BCUT2D eigenvalue weighted by Gasteiger charge is -2.51. The fraction of sp³-hybridized carbons (Fsp3) is 0.360. The Bertz CT molecular complexity index is 1230. The molecule has 2 atom stereocenters. The third-order valence-electron chi connectivity index (χ3n) is 6.70. The van der Waals surface area contributed by atoms with E-state index in [1.165, 1.54) is 11.1 Å². The number of anilines is 4. The number of benzene rings is 2. The second-order valence-corrected chi connectivity index (χ2v) is 11.5. The predicted molar refractivity (Wildman–Crippen MR) is 137 cm³/mol. The summed E-state index contributed by atoms with van der Waals surface area (Å²) >= 11 is 3.31. The highest BCUT2D eigenvalue weighted by molar-refractivity contribution is 7.15. The van der Waals surface area contributed by atoms with Crippen molar-refractivity contribution in [2.75, 3.05) is 10.6 Å². The van der Waals surface area contributed by atoms with Crippen LogP contribution in [0.2, 0.25) is 0 Å². The Kier molecular flexibility index (Phi) is 5.88. The molecule has 5 rings (SSSR count). The molecule has 4 aromatic rings. The van der Waals surface area contributed by atoms with Gasteiger partial charge in [0, 0.05) is 23.7 Å². The van der Waals surface area contributed by atoms with Gasteiger partial charge in [-0.2, -0.15) is 0 Å². The van der Waals surface area contributed by atoms with Crippen molar-refractivity contribution in [3.05, 3.63) is 69.7 Å². The van der Waals surface area contributed by atoms with E-state index >= 15 is 0 Å². The molecule has 2 aromatic carbocycles. The summed E-state index contributed by atoms with van der Waals surface area (Å²) in [6.45, 7) is 8.86. The van der Waals surface area contributed by atoms with E-state index in [-0.39, 0.29) is 5.41 Å². The molecular weight excluding hydrogens is 448 g/mol. The molecule has 0 bridgehead atoms. The van der Waals surface area contributed by atoms with Gasteiger partial charge in [-0.15, -0.1) is 20.4 Å². The first-order valence-electron chi connectivity index (χ1n) is 11.2. The Hall–Kier alpha value is -2.84. The summed E-state index contributed by atoms with van der Waals surface area (Å²) in [5, 5.41) is 28.3. The lowest BCUT2D eigenvalue weighted by molar-refractivity contribution is 0.0329. The van der Waals surface area contributed by atoms with Crippen LogP contribution in [-0.2, 0) is 6.42 Å². The number of hydrogen-bond donors (Lipinski definition) is 2. The second-order valence-electron chi connectivity index (χ2n) is 9.44. The lowest BCUT2D eigenvalue weighted by Crippen LogP contribution is -2.44. The Morgan fingerprint density at radius 3 is 1.91 bits per heavy atom. The molecule has 8 heteroatoms. The van der Waals surface area contributed by atoms with Crippen molar-refractivity contribution in [2.24, 2.45) is 11.3 Å². The molecule has 1 saturated carbocycles. The van der Waals surface area contributed by atoms with E-state index < -0.39 is 0 Å². The van der Waals surface area contributed by atoms with Gasteiger partial charge in [0.25, 0.3) is 0 Å². The molecule has 2 heterocycles. The molecular formula is C25H28N6S2. The van der Waals surface area contributed by atoms with Crippen LogP contribution >= 0.6 is 22.7 Å². The maximum atomic E-state index is 4.52. The molecule has 2 aromatic heterocycles. The van der Waals surface area contributed by atoms with Crippen LogP contribution in [0.5, 0.6) is 0 Å². The van der Waals surface area contributed by atoms with Crippen molar-refractivity contribution in [3.8, 4) is 0 Å². The van der Waals surface area contributed by atoms with Crippen LogP contribution in [0.15, 0.2) is 48.5 Å². The normalized spacial score (nSPS) is 19.2. The van der Waals surface area contributed by atoms with Gasteiger partial charge >= 0.3 is 0 Å². The zero-order valence-electron chi connectivity index (χ0n) is 19.3. The van der Waals surface area contributed by atoms with Crippen LogP contribution in [0, 0.1) is 25.2 Å². The Morgan fingerprint density at radius 1 is 0.788 bits per heavy atom. The summed E-state index contributed by atoms with van der Waals surface area (Å²) in [4.78, 5) is 0. The Labute approximate surface area is 202 Å². The van der Waals surface area contributed by atoms with Crippen molar-refractivity contribution in [1.29, 1.82) is 0 Å². The molecule has 170 valence electrons. The molecule has 1 aliphatic rings. The van der Waals surface area contributed by atoms with E-state index in [0.717, 1.165) is 44.5 Å². The van der Waals surface area contributed by atoms with Crippen LogP contribution in [0.4, 0.5) is 21.6 Å². The molecule has 0 radical (unpaired) electrons. The SMILES string of the molecule is Cc1ccc(Nc2nnc(CC3CC(c4nnc(Nc5ccc(C)cc5)s4)C3(C)C)s2)cc1. The highest BCUT2D eigenvalue weighted by atomic mass is 32.1. The van der Waals surface area contributed by atoms with E-state index in [1.54, 1.807) is 22.7 Å². The third kappa shape index (κ3) is 4.77. The lowest BCUT2D eigenvalue weighted by atomic mass is 9.54. The van der Waals surface area contributed by atoms with E-state index in [1.807, 2.05) is 0 Å². The Morgan fingerprint density at radius 2 is 1.33 bits per heavy atom. The maximum Gasteiger partial charge on any atom is 0.210 e. The van der Waals surface area contributed by atoms with Crippen molar-refractivity contribution >= 4 is 44.3 Å². The molecule has 0 spiro atoms. The molecule has 0 saturated heterocycles. The molecule has 1 fully saturated rings. The van der Waals surface area contributed by atoms with Crippen molar-refractivity contribution in [2.45, 2.75) is 46.5 Å². The maximum absolute atomic E-state index is 4.52. The van der Waals surface area contributed by atoms with Gasteiger partial charge in [-0.3, -0.25) is 0 Å². The standard InChI is InChI=1S/C25H28N6S2/c1-15-5-9-18(10-6-15)26-23-30-28-21(32-23)14-17-13-20(25(17,3)4)22-29-31-24(33-22)27-19-11-7-16(2)8-12-19/h5-12,17,20H,13-14H2,1-4H3,(H,26,30)(H,27,31). The predicted octanol–water partition coefficient (Wildman–Crippen LogP) is 6.87. The van der Waals surface area contributed by atoms with E-state index in [0.29, 0.717) is 11.8 Å². The third-order valence-corrected chi connectivity index (χ3v) is 8.52. The summed E-state index contributed by atoms with van der Waals surface area (Å²) in [5.74, 6) is 0.978. The van der Waals surface area contributed by atoms with E-state index in [4.69, 9.17) is 0 Å². The molecule has 0 amide bonds. The van der Waals surface area contributed by atoms with Crippen LogP contribution in [0.3, 0.4) is 0 Å². The molecule has 2 N–H and O–H groups in total. The number of rotatable bonds is 7. The summed E-state index contributed by atoms with van der Waals surface area (Å²) in [6.07, 6.45) is 2.05. The van der Waals surface area contributed by atoms with Crippen LogP contribution < -0.4 is 10.6 Å². The fourth-order valence-corrected chi connectivity index (χ4v) is 6.24. The summed E-state index contributed by atoms with van der Waals surface area (Å²) < 4.78 is 0. The van der Waals surface area contributed by atoms with E-state index in [2.05, 4.69) is 107 Å². The van der Waals surface area contributed by atoms with Crippen molar-refractivity contribution in [1.82, 2.24) is 20.4 Å². The van der Waals surface area contributed by atoms with E-state index in [9.17, 15) is 0 Å². The van der Waals surface area contributed by atoms with Gasteiger partial charge in [-0.05, 0) is 55.9 Å². The number of aryl methyl sites for hydroxylation is 2. The van der Waals surface area contributed by atoms with Gasteiger partial charge in [-0.25, -0.2) is 0 Å². The summed E-state index contributed by atoms with van der Waals surface area (Å²) in [7, 11) is 0. The first-order chi connectivity index (χ1) is 15.9. The van der Waals surface area contributed by atoms with Gasteiger partial charge in [0.15, 0.2) is 0 Å². The van der Waals surface area contributed by atoms with Gasteiger partial charge < -0.3 is 10.6 Å². The van der Waals surface area contributed by atoms with Crippen molar-refractivity contribution < 1.29 is 0 Å². The molecule has 6 nitrogen and oxygen atoms in total. The van der Waals surface area contributed by atoms with Crippen LogP contribution in [0.1, 0.15) is 47.3 Å². The number of hydrogen-bond acceptors (Lipinski definition) is 8. The fourth-order valence-electron chi connectivity index (χ4n) is 4.33. The van der Waals surface area contributed by atoms with Gasteiger partial charge in [0.05, 0.1) is 0 Å². The second kappa shape index (κ2) is 8.83. The molecule has 2 unspecified atom stereocenters. The van der Waals surface area contributed by atoms with Crippen LogP contribution in [-0.4, -0.2) is 20.4 Å². The van der Waals surface area contributed by atoms with Gasteiger partial charge in [-0.1, -0.05) is 71.9 Å². The molecule has 33 heavy (non-hydrogen) atoms. The number of nitrogens with one attached hydrogen (secondary N) is 2. The van der Waals surface area contributed by atoms with Gasteiger partial charge in [0.2, 0.25) is 10.3 Å². The summed E-state index contributed by atoms with van der Waals surface area (Å²) in [5.41, 5.74) is 4.72. The van der Waals surface area contributed by atoms with Crippen molar-refractivity contribution in [3.63, 3.8) is 0 Å². The minimum Gasteiger partial charge on any atom is -0.330 e.